The predicted octanol–water partition coefficient (Wildman–Crippen LogP) is 7.52. The minimum Gasteiger partial charge on any atom is -0.546 e. The summed E-state index contributed by atoms with van der Waals surface area (Å²) in [7, 11) is -3.95. The van der Waals surface area contributed by atoms with Gasteiger partial charge in [-0.1, -0.05) is 50.1 Å². The van der Waals surface area contributed by atoms with Crippen LogP contribution >= 0.6 is 11.6 Å². The van der Waals surface area contributed by atoms with Gasteiger partial charge in [0.15, 0.2) is 11.0 Å². The lowest BCUT2D eigenvalue weighted by Gasteiger charge is -2.55. The number of fused-ring (bicyclic) bond motifs is 2. The van der Waals surface area contributed by atoms with Gasteiger partial charge in [-0.15, -0.1) is 0 Å². The molecule has 2 aromatic rings. The third kappa shape index (κ3) is 5.42. The maximum atomic E-state index is 14.2. The molecule has 4 aliphatic rings. The molecule has 0 unspecified atom stereocenters. The molecule has 43 heavy (non-hydrogen) atoms. The second kappa shape index (κ2) is 11.6. The number of carbonyl (C=O) groups is 2. The Labute approximate surface area is 263 Å². The summed E-state index contributed by atoms with van der Waals surface area (Å²) in [4.78, 5) is 28.8. The van der Waals surface area contributed by atoms with Crippen molar-refractivity contribution in [3.63, 3.8) is 0 Å². The summed E-state index contributed by atoms with van der Waals surface area (Å²) in [5, 5.41) is 3.47. The molecule has 1 aliphatic heterocycles. The van der Waals surface area contributed by atoms with Crippen molar-refractivity contribution in [3.8, 4) is 0 Å². The Morgan fingerprint density at radius 2 is 1.88 bits per heavy atom. The van der Waals surface area contributed by atoms with Crippen molar-refractivity contribution in [1.29, 1.82) is 0 Å². The molecule has 1 heterocycles. The van der Waals surface area contributed by atoms with E-state index in [1.807, 2.05) is 37.3 Å². The van der Waals surface area contributed by atoms with Gasteiger partial charge in [0.1, 0.15) is 5.41 Å². The van der Waals surface area contributed by atoms with Crippen LogP contribution in [0.5, 0.6) is 0 Å². The number of rotatable bonds is 8. The van der Waals surface area contributed by atoms with Crippen LogP contribution in [0.2, 0.25) is 23.2 Å². The fourth-order valence-electron chi connectivity index (χ4n) is 6.68. The summed E-state index contributed by atoms with van der Waals surface area (Å²) in [5.41, 5.74) is 2.20. The SMILES string of the molecule is CCOC(=O)[C@H]1[C@@H]2CC[C@@H](C(O[Si](C)(C)C(C)(C)C)=C2C/C=N/[S@@](=O)c2ccc(C)cc2)[C@]12C(=O)Nc1ccc(Cl)cc12. The quantitative estimate of drug-likeness (QED) is 0.183. The van der Waals surface area contributed by atoms with Crippen molar-refractivity contribution in [2.45, 2.75) is 82.3 Å². The number of benzene rings is 2. The third-order valence-corrected chi connectivity index (χ3v) is 15.4. The highest BCUT2D eigenvalue weighted by Crippen LogP contribution is 2.64. The van der Waals surface area contributed by atoms with Gasteiger partial charge in [0, 0.05) is 29.3 Å². The number of allylic oxidation sites excluding steroid dienone is 2. The number of esters is 1. The lowest BCUT2D eigenvalue weighted by molar-refractivity contribution is -0.160. The molecule has 2 aromatic carbocycles. The molecule has 3 aliphatic carbocycles. The maximum Gasteiger partial charge on any atom is 0.311 e. The number of nitrogens with zero attached hydrogens (tertiary/aromatic N) is 1. The molecule has 0 radical (unpaired) electrons. The molecule has 1 amide bonds. The first kappa shape index (κ1) is 31.7. The summed E-state index contributed by atoms with van der Waals surface area (Å²) < 4.78 is 30.2. The summed E-state index contributed by atoms with van der Waals surface area (Å²) in [6.45, 7) is 14.9. The van der Waals surface area contributed by atoms with Gasteiger partial charge in [-0.2, -0.15) is 4.40 Å². The van der Waals surface area contributed by atoms with E-state index in [0.29, 0.717) is 34.9 Å². The van der Waals surface area contributed by atoms with Gasteiger partial charge in [-0.05, 0) is 92.2 Å². The van der Waals surface area contributed by atoms with E-state index in [1.54, 1.807) is 25.3 Å². The van der Waals surface area contributed by atoms with E-state index < -0.39 is 42.5 Å². The van der Waals surface area contributed by atoms with E-state index in [0.717, 1.165) is 22.5 Å². The molecule has 7 nitrogen and oxygen atoms in total. The largest absolute Gasteiger partial charge is 0.546 e. The first-order chi connectivity index (χ1) is 20.2. The molecular weight excluding hydrogens is 600 g/mol. The number of hydrogen-bond donors (Lipinski definition) is 1. The van der Waals surface area contributed by atoms with E-state index in [2.05, 4.69) is 43.6 Å². The van der Waals surface area contributed by atoms with Gasteiger partial charge in [0.25, 0.3) is 0 Å². The number of nitrogens with one attached hydrogen (secondary N) is 1. The number of carbonyl (C=O) groups excluding carboxylic acids is 2. The van der Waals surface area contributed by atoms with Crippen LogP contribution in [0.1, 0.15) is 58.1 Å². The Morgan fingerprint density at radius 3 is 2.53 bits per heavy atom. The first-order valence-corrected chi connectivity index (χ1v) is 19.3. The zero-order valence-corrected chi connectivity index (χ0v) is 28.5. The molecule has 0 aromatic heterocycles. The number of anilines is 1. The van der Waals surface area contributed by atoms with Crippen LogP contribution in [0.25, 0.3) is 0 Å². The second-order valence-corrected chi connectivity index (χ2v) is 19.6. The van der Waals surface area contributed by atoms with Gasteiger partial charge in [0.2, 0.25) is 14.2 Å². The van der Waals surface area contributed by atoms with Crippen LogP contribution in [-0.2, 0) is 35.2 Å². The lowest BCUT2D eigenvalue weighted by Crippen LogP contribution is -2.61. The monoisotopic (exact) mass is 640 g/mol. The van der Waals surface area contributed by atoms with Crippen molar-refractivity contribution in [2.75, 3.05) is 11.9 Å². The summed E-state index contributed by atoms with van der Waals surface area (Å²) in [6.07, 6.45) is 3.42. The Bertz CT molecular complexity index is 1530. The third-order valence-electron chi connectivity index (χ3n) is 9.76. The number of halogens is 1. The highest BCUT2D eigenvalue weighted by atomic mass is 35.5. The molecular formula is C33H41ClN2O5SSi. The fourth-order valence-corrected chi connectivity index (χ4v) is 8.68. The van der Waals surface area contributed by atoms with Crippen molar-refractivity contribution in [2.24, 2.45) is 22.2 Å². The predicted molar refractivity (Wildman–Crippen MR) is 174 cm³/mol. The van der Waals surface area contributed by atoms with Crippen molar-refractivity contribution in [1.82, 2.24) is 0 Å². The smallest absolute Gasteiger partial charge is 0.311 e. The first-order valence-electron chi connectivity index (χ1n) is 14.9. The van der Waals surface area contributed by atoms with E-state index in [9.17, 15) is 13.8 Å². The maximum absolute atomic E-state index is 14.2. The number of amides is 1. The zero-order chi connectivity index (χ0) is 31.3. The van der Waals surface area contributed by atoms with Crippen LogP contribution in [0, 0.1) is 24.7 Å². The Morgan fingerprint density at radius 1 is 1.19 bits per heavy atom. The van der Waals surface area contributed by atoms with Crippen molar-refractivity contribution >= 4 is 54.7 Å². The van der Waals surface area contributed by atoms with E-state index >= 15 is 0 Å². The van der Waals surface area contributed by atoms with Crippen molar-refractivity contribution < 1.29 is 23.0 Å². The minimum absolute atomic E-state index is 0.102. The summed E-state index contributed by atoms with van der Waals surface area (Å²) >= 11 is 6.51. The molecule has 5 atom stereocenters. The Kier molecular flexibility index (Phi) is 8.57. The van der Waals surface area contributed by atoms with E-state index in [1.165, 1.54) is 0 Å². The molecule has 0 saturated heterocycles. The van der Waals surface area contributed by atoms with Gasteiger partial charge in [-0.3, -0.25) is 9.59 Å². The molecule has 6 rings (SSSR count). The molecule has 230 valence electrons. The standard InChI is InChI=1S/C33H41ClN2O5SSi/c1-8-40-30(37)28-23-14-15-25(33(28)26-19-21(34)11-16-27(26)36-31(33)38)29(41-43(6,7)32(3,4)5)24(23)17-18-35-42(39)22-12-9-20(2)10-13-22/h9-13,16,18-19,23,25,28H,8,14-15,17H2,1-7H3,(H,36,38)/b35-18+/t23-,25+,28-,33-,42+/m1/s1. The van der Waals surface area contributed by atoms with E-state index in [-0.39, 0.29) is 23.5 Å². The van der Waals surface area contributed by atoms with Crippen LogP contribution in [-0.4, -0.2) is 37.2 Å². The lowest BCUT2D eigenvalue weighted by atomic mass is 9.48. The van der Waals surface area contributed by atoms with Gasteiger partial charge >= 0.3 is 5.97 Å². The number of aryl methyl sites for hydroxylation is 1. The number of hydrogen-bond acceptors (Lipinski definition) is 5. The molecule has 1 fully saturated rings. The molecule has 10 heteroatoms. The van der Waals surface area contributed by atoms with Crippen molar-refractivity contribution in [3.05, 3.63) is 69.9 Å². The fraction of sp³-hybridized carbons (Fsp3) is 0.485. The highest BCUT2D eigenvalue weighted by molar-refractivity contribution is 7.83. The van der Waals surface area contributed by atoms with Gasteiger partial charge in [-0.25, -0.2) is 4.21 Å². The topological polar surface area (TPSA) is 94.1 Å². The zero-order valence-electron chi connectivity index (χ0n) is 26.0. The highest BCUT2D eigenvalue weighted by Gasteiger charge is 2.68. The minimum atomic E-state index is -2.38. The van der Waals surface area contributed by atoms with Crippen LogP contribution in [0.4, 0.5) is 5.69 Å². The summed E-state index contributed by atoms with van der Waals surface area (Å²) in [5.74, 6) is -1.32. The average Bonchev–Trinajstić information content (AvgIpc) is 3.20. The Hall–Kier alpha value is -2.75. The van der Waals surface area contributed by atoms with Gasteiger partial charge < -0.3 is 14.5 Å². The van der Waals surface area contributed by atoms with Crippen LogP contribution in [0.3, 0.4) is 0 Å². The molecule has 2 bridgehead atoms. The van der Waals surface area contributed by atoms with Crippen LogP contribution in [0.15, 0.2) is 63.1 Å². The number of ether oxygens (including phenoxy) is 1. The molecule has 1 spiro atoms. The molecule has 1 saturated carbocycles. The second-order valence-electron chi connectivity index (χ2n) is 13.3. The average molecular weight is 641 g/mol. The summed E-state index contributed by atoms with van der Waals surface area (Å²) in [6, 6.07) is 12.8. The van der Waals surface area contributed by atoms with Crippen LogP contribution < -0.4 is 5.32 Å². The van der Waals surface area contributed by atoms with Gasteiger partial charge in [0.05, 0.1) is 23.2 Å². The normalized spacial score (nSPS) is 25.7. The van der Waals surface area contributed by atoms with E-state index in [4.69, 9.17) is 20.8 Å². The Balaban J connectivity index is 1.66. The molecule has 1 N–H and O–H groups in total.